The van der Waals surface area contributed by atoms with Crippen LogP contribution in [0.1, 0.15) is 30.9 Å². The average Bonchev–Trinajstić information content (AvgIpc) is 2.66. The molecule has 0 aromatic heterocycles. The van der Waals surface area contributed by atoms with E-state index in [9.17, 15) is 21.6 Å². The molecule has 7 nitrogen and oxygen atoms in total. The number of hydrogen-bond acceptors (Lipinski definition) is 4. The summed E-state index contributed by atoms with van der Waals surface area (Å²) in [5.74, 6) is 0.488. The number of nitrogens with zero attached hydrogens (tertiary/aromatic N) is 3. The molecule has 0 atom stereocenters. The van der Waals surface area contributed by atoms with Crippen LogP contribution in [0.4, 0.5) is 13.2 Å². The Kier molecular flexibility index (Phi) is 9.63. The van der Waals surface area contributed by atoms with Crippen molar-refractivity contribution in [2.75, 3.05) is 19.6 Å². The van der Waals surface area contributed by atoms with Crippen molar-refractivity contribution in [3.05, 3.63) is 35.4 Å². The van der Waals surface area contributed by atoms with Crippen LogP contribution in [-0.2, 0) is 16.6 Å². The molecule has 1 fully saturated rings. The van der Waals surface area contributed by atoms with Gasteiger partial charge in [0.15, 0.2) is 5.96 Å². The van der Waals surface area contributed by atoms with Crippen LogP contribution < -0.4 is 10.6 Å². The summed E-state index contributed by atoms with van der Waals surface area (Å²) in [7, 11) is -5.28. The van der Waals surface area contributed by atoms with Gasteiger partial charge in [0, 0.05) is 25.7 Å². The van der Waals surface area contributed by atoms with Crippen LogP contribution in [0.25, 0.3) is 0 Å². The minimum Gasteiger partial charge on any atom is -0.357 e. The summed E-state index contributed by atoms with van der Waals surface area (Å²) in [5.41, 5.74) is -3.90. The van der Waals surface area contributed by atoms with Gasteiger partial charge < -0.3 is 10.6 Å². The zero-order chi connectivity index (χ0) is 20.8. The van der Waals surface area contributed by atoms with E-state index in [0.29, 0.717) is 28.9 Å². The number of benzene rings is 1. The van der Waals surface area contributed by atoms with Crippen LogP contribution in [0.5, 0.6) is 0 Å². The molecule has 1 heterocycles. The fourth-order valence-electron chi connectivity index (χ4n) is 2.81. The zero-order valence-electron chi connectivity index (χ0n) is 15.7. The van der Waals surface area contributed by atoms with Gasteiger partial charge in [0.25, 0.3) is 0 Å². The molecule has 1 aliphatic heterocycles. The van der Waals surface area contributed by atoms with Crippen molar-refractivity contribution in [2.45, 2.75) is 37.9 Å². The van der Waals surface area contributed by atoms with E-state index in [1.807, 2.05) is 13.0 Å². The molecular formula is C17H23F3IN5O2S. The highest BCUT2D eigenvalue weighted by atomic mass is 127. The van der Waals surface area contributed by atoms with E-state index in [4.69, 9.17) is 5.26 Å². The zero-order valence-corrected chi connectivity index (χ0v) is 18.9. The molecule has 1 aliphatic rings. The maximum absolute atomic E-state index is 12.6. The first kappa shape index (κ1) is 25.4. The molecule has 0 saturated carbocycles. The summed E-state index contributed by atoms with van der Waals surface area (Å²) in [6.07, 6.45) is 0.479. The van der Waals surface area contributed by atoms with Crippen LogP contribution in [0.15, 0.2) is 29.3 Å². The fraction of sp³-hybridized carbons (Fsp3) is 0.529. The number of alkyl halides is 3. The van der Waals surface area contributed by atoms with Crippen LogP contribution in [0.3, 0.4) is 0 Å². The molecule has 0 spiro atoms. The molecule has 0 radical (unpaired) electrons. The number of aliphatic imine (C=N–C) groups is 1. The summed E-state index contributed by atoms with van der Waals surface area (Å²) >= 11 is 0. The molecular weight excluding hydrogens is 522 g/mol. The molecule has 1 aromatic rings. The van der Waals surface area contributed by atoms with Gasteiger partial charge in [0.1, 0.15) is 0 Å². The first-order chi connectivity index (χ1) is 13.2. The van der Waals surface area contributed by atoms with E-state index < -0.39 is 15.5 Å². The Morgan fingerprint density at radius 3 is 2.55 bits per heavy atom. The topological polar surface area (TPSA) is 97.6 Å². The summed E-state index contributed by atoms with van der Waals surface area (Å²) in [6, 6.07) is 8.90. The lowest BCUT2D eigenvalue weighted by atomic mass is 10.1. The Labute approximate surface area is 185 Å². The normalized spacial score (nSPS) is 16.6. The maximum Gasteiger partial charge on any atom is 0.511 e. The molecule has 0 bridgehead atoms. The van der Waals surface area contributed by atoms with Crippen molar-refractivity contribution >= 4 is 40.0 Å². The standard InChI is InChI=1S/C17H22F3N5O2S.HI/c1-2-22-16(23-12-14-5-3-4-13(10-14)11-21)24-15-6-8-25(9-7-15)28(26,27)17(18,19)20;/h3-5,10,15H,2,6-9,12H2,1H3,(H2,22,23,24);1H. The molecule has 29 heavy (non-hydrogen) atoms. The van der Waals surface area contributed by atoms with Crippen LogP contribution in [-0.4, -0.2) is 49.9 Å². The van der Waals surface area contributed by atoms with Gasteiger partial charge in [-0.15, -0.1) is 24.0 Å². The third kappa shape index (κ3) is 7.00. The van der Waals surface area contributed by atoms with Crippen molar-refractivity contribution in [3.8, 4) is 6.07 Å². The second-order valence-corrected chi connectivity index (χ2v) is 8.21. The predicted molar refractivity (Wildman–Crippen MR) is 114 cm³/mol. The summed E-state index contributed by atoms with van der Waals surface area (Å²) in [5, 5.41) is 15.1. The number of halogens is 4. The van der Waals surface area contributed by atoms with Gasteiger partial charge in [-0.1, -0.05) is 12.1 Å². The Morgan fingerprint density at radius 2 is 2.00 bits per heavy atom. The summed E-state index contributed by atoms with van der Waals surface area (Å²) < 4.78 is 61.4. The van der Waals surface area contributed by atoms with Crippen molar-refractivity contribution in [2.24, 2.45) is 4.99 Å². The third-order valence-corrected chi connectivity index (χ3v) is 5.88. The van der Waals surface area contributed by atoms with Crippen LogP contribution >= 0.6 is 24.0 Å². The second kappa shape index (κ2) is 11.0. The molecule has 0 unspecified atom stereocenters. The Hall–Kier alpha value is -1.59. The predicted octanol–water partition coefficient (Wildman–Crippen LogP) is 2.55. The summed E-state index contributed by atoms with van der Waals surface area (Å²) in [6.45, 7) is 2.38. The lowest BCUT2D eigenvalue weighted by Crippen LogP contribution is -2.51. The first-order valence-corrected chi connectivity index (χ1v) is 10.2. The van der Waals surface area contributed by atoms with Crippen LogP contribution in [0.2, 0.25) is 0 Å². The molecule has 0 amide bonds. The van der Waals surface area contributed by atoms with Crippen molar-refractivity contribution in [3.63, 3.8) is 0 Å². The molecule has 2 rings (SSSR count). The quantitative estimate of drug-likeness (QED) is 0.337. The highest BCUT2D eigenvalue weighted by Gasteiger charge is 2.50. The molecule has 162 valence electrons. The van der Waals surface area contributed by atoms with Gasteiger partial charge >= 0.3 is 15.5 Å². The Bertz CT molecular complexity index is 847. The van der Waals surface area contributed by atoms with E-state index in [-0.39, 0.29) is 55.9 Å². The molecule has 2 N–H and O–H groups in total. The largest absolute Gasteiger partial charge is 0.511 e. The number of piperidine rings is 1. The van der Waals surface area contributed by atoms with Crippen molar-refractivity contribution in [1.82, 2.24) is 14.9 Å². The second-order valence-electron chi connectivity index (χ2n) is 6.28. The molecule has 1 aromatic carbocycles. The highest BCUT2D eigenvalue weighted by Crippen LogP contribution is 2.28. The minimum absolute atomic E-state index is 0. The summed E-state index contributed by atoms with van der Waals surface area (Å²) in [4.78, 5) is 4.43. The Balaban J connectivity index is 0.00000420. The van der Waals surface area contributed by atoms with Gasteiger partial charge in [-0.25, -0.2) is 13.4 Å². The van der Waals surface area contributed by atoms with Gasteiger partial charge in [0.2, 0.25) is 0 Å². The van der Waals surface area contributed by atoms with Crippen LogP contribution in [0, 0.1) is 11.3 Å². The first-order valence-electron chi connectivity index (χ1n) is 8.77. The fourth-order valence-corrected chi connectivity index (χ4v) is 3.79. The minimum atomic E-state index is -5.28. The molecule has 0 aliphatic carbocycles. The Morgan fingerprint density at radius 1 is 1.34 bits per heavy atom. The number of rotatable bonds is 5. The molecule has 12 heteroatoms. The van der Waals surface area contributed by atoms with Gasteiger partial charge in [-0.2, -0.15) is 22.7 Å². The van der Waals surface area contributed by atoms with E-state index in [2.05, 4.69) is 21.7 Å². The lowest BCUT2D eigenvalue weighted by molar-refractivity contribution is -0.0494. The van der Waals surface area contributed by atoms with Gasteiger partial charge in [0.05, 0.1) is 18.2 Å². The van der Waals surface area contributed by atoms with Gasteiger partial charge in [-0.05, 0) is 37.5 Å². The highest BCUT2D eigenvalue weighted by molar-refractivity contribution is 14.0. The van der Waals surface area contributed by atoms with Crippen molar-refractivity contribution in [1.29, 1.82) is 5.26 Å². The maximum atomic E-state index is 12.6. The van der Waals surface area contributed by atoms with E-state index in [0.717, 1.165) is 5.56 Å². The number of sulfonamides is 1. The number of nitrogens with one attached hydrogen (secondary N) is 2. The van der Waals surface area contributed by atoms with Gasteiger partial charge in [-0.3, -0.25) is 0 Å². The van der Waals surface area contributed by atoms with E-state index in [1.165, 1.54) is 0 Å². The third-order valence-electron chi connectivity index (χ3n) is 4.25. The lowest BCUT2D eigenvalue weighted by Gasteiger charge is -2.32. The average molecular weight is 545 g/mol. The number of nitriles is 1. The smallest absolute Gasteiger partial charge is 0.357 e. The monoisotopic (exact) mass is 545 g/mol. The van der Waals surface area contributed by atoms with E-state index >= 15 is 0 Å². The van der Waals surface area contributed by atoms with Crippen molar-refractivity contribution < 1.29 is 21.6 Å². The number of hydrogen-bond donors (Lipinski definition) is 2. The number of guanidine groups is 1. The molecule has 1 saturated heterocycles. The SMILES string of the molecule is CCNC(=NCc1cccc(C#N)c1)NC1CCN(S(=O)(=O)C(F)(F)F)CC1.I. The van der Waals surface area contributed by atoms with E-state index in [1.54, 1.807) is 18.2 Å².